The molecule has 1 aromatic carbocycles. The number of amides is 1. The molecule has 0 unspecified atom stereocenters. The Kier molecular flexibility index (Phi) is 4.65. The van der Waals surface area contributed by atoms with E-state index in [2.05, 4.69) is 33.4 Å². The molecular weight excluding hydrogens is 276 g/mol. The maximum atomic E-state index is 12.3. The summed E-state index contributed by atoms with van der Waals surface area (Å²) in [6.45, 7) is 4.58. The molecule has 0 spiro atoms. The molecular formula is C17H22N4O. The Hall–Kier alpha value is -1.98. The van der Waals surface area contributed by atoms with E-state index >= 15 is 0 Å². The third-order valence-corrected chi connectivity index (χ3v) is 4.03. The van der Waals surface area contributed by atoms with Crippen LogP contribution in [0.5, 0.6) is 0 Å². The second-order valence-electron chi connectivity index (χ2n) is 5.80. The molecule has 3 rings (SSSR count). The summed E-state index contributed by atoms with van der Waals surface area (Å²) in [6, 6.07) is 10.2. The van der Waals surface area contributed by atoms with Gasteiger partial charge in [-0.1, -0.05) is 24.3 Å². The highest BCUT2D eigenvalue weighted by Crippen LogP contribution is 2.17. The van der Waals surface area contributed by atoms with Crippen molar-refractivity contribution >= 4 is 16.8 Å². The molecule has 0 aliphatic carbocycles. The summed E-state index contributed by atoms with van der Waals surface area (Å²) in [5.74, 6) is 0.206. The average molecular weight is 298 g/mol. The van der Waals surface area contributed by atoms with Gasteiger partial charge in [0.25, 0.3) is 0 Å². The lowest BCUT2D eigenvalue weighted by Gasteiger charge is -2.29. The van der Waals surface area contributed by atoms with Crippen LogP contribution in [0, 0.1) is 0 Å². The van der Waals surface area contributed by atoms with Gasteiger partial charge in [0, 0.05) is 44.3 Å². The predicted molar refractivity (Wildman–Crippen MR) is 87.5 cm³/mol. The van der Waals surface area contributed by atoms with Gasteiger partial charge in [-0.2, -0.15) is 0 Å². The molecule has 0 radical (unpaired) electrons. The quantitative estimate of drug-likeness (QED) is 0.918. The number of fused-ring (bicyclic) bond motifs is 1. The van der Waals surface area contributed by atoms with Crippen LogP contribution >= 0.6 is 0 Å². The van der Waals surface area contributed by atoms with Crippen LogP contribution < -0.4 is 5.32 Å². The molecule has 2 aromatic rings. The third kappa shape index (κ3) is 3.43. The minimum Gasteiger partial charge on any atom is -0.339 e. The van der Waals surface area contributed by atoms with E-state index in [1.807, 2.05) is 30.3 Å². The molecule has 0 saturated carbocycles. The summed E-state index contributed by atoms with van der Waals surface area (Å²) in [4.78, 5) is 20.8. The molecule has 1 aromatic heterocycles. The molecule has 1 fully saturated rings. The normalized spacial score (nSPS) is 15.5. The van der Waals surface area contributed by atoms with E-state index < -0.39 is 0 Å². The first-order valence-electron chi connectivity index (χ1n) is 7.74. The largest absolute Gasteiger partial charge is 0.339 e. The Morgan fingerprint density at radius 2 is 2.05 bits per heavy atom. The molecule has 1 saturated heterocycles. The summed E-state index contributed by atoms with van der Waals surface area (Å²) < 4.78 is 0. The number of para-hydroxylation sites is 1. The zero-order valence-electron chi connectivity index (χ0n) is 13.0. The third-order valence-electron chi connectivity index (χ3n) is 4.03. The van der Waals surface area contributed by atoms with Gasteiger partial charge in [0.2, 0.25) is 5.91 Å². The fourth-order valence-electron chi connectivity index (χ4n) is 2.89. The van der Waals surface area contributed by atoms with Gasteiger partial charge in [0.05, 0.1) is 12.1 Å². The summed E-state index contributed by atoms with van der Waals surface area (Å²) in [6.07, 6.45) is 1.82. The average Bonchev–Trinajstić information content (AvgIpc) is 2.56. The van der Waals surface area contributed by atoms with Gasteiger partial charge in [-0.05, 0) is 18.7 Å². The Balaban J connectivity index is 1.65. The molecule has 5 heteroatoms. The molecule has 1 aliphatic heterocycles. The van der Waals surface area contributed by atoms with E-state index in [0.29, 0.717) is 6.54 Å². The Morgan fingerprint density at radius 1 is 1.27 bits per heavy atom. The second-order valence-corrected chi connectivity index (χ2v) is 5.80. The zero-order valence-corrected chi connectivity index (χ0v) is 13.0. The topological polar surface area (TPSA) is 48.5 Å². The number of piperazine rings is 1. The van der Waals surface area contributed by atoms with Crippen molar-refractivity contribution in [3.05, 3.63) is 42.1 Å². The van der Waals surface area contributed by atoms with Crippen molar-refractivity contribution in [1.82, 2.24) is 20.1 Å². The number of rotatable bonds is 4. The molecule has 0 bridgehead atoms. The van der Waals surface area contributed by atoms with Crippen LogP contribution in [0.2, 0.25) is 0 Å². The highest BCUT2D eigenvalue weighted by Gasteiger charge is 2.17. The van der Waals surface area contributed by atoms with Crippen molar-refractivity contribution < 1.29 is 4.79 Å². The van der Waals surface area contributed by atoms with Crippen molar-refractivity contribution in [2.75, 3.05) is 39.8 Å². The number of likely N-dealkylation sites (N-methyl/N-ethyl adjacent to an activating group) is 1. The van der Waals surface area contributed by atoms with E-state index in [-0.39, 0.29) is 5.91 Å². The molecule has 116 valence electrons. The van der Waals surface area contributed by atoms with E-state index in [4.69, 9.17) is 0 Å². The first-order valence-corrected chi connectivity index (χ1v) is 7.74. The van der Waals surface area contributed by atoms with Gasteiger partial charge in [-0.25, -0.2) is 0 Å². The van der Waals surface area contributed by atoms with Crippen LogP contribution in [-0.2, 0) is 11.3 Å². The van der Waals surface area contributed by atoms with Crippen molar-refractivity contribution in [2.45, 2.75) is 6.54 Å². The van der Waals surface area contributed by atoms with Gasteiger partial charge in [0.15, 0.2) is 0 Å². The fourth-order valence-corrected chi connectivity index (χ4v) is 2.89. The van der Waals surface area contributed by atoms with Crippen LogP contribution in [0.3, 0.4) is 0 Å². The van der Waals surface area contributed by atoms with E-state index in [1.165, 1.54) is 0 Å². The summed E-state index contributed by atoms with van der Waals surface area (Å²) in [7, 11) is 1.99. The van der Waals surface area contributed by atoms with Gasteiger partial charge in [-0.15, -0.1) is 0 Å². The van der Waals surface area contributed by atoms with Crippen molar-refractivity contribution in [1.29, 1.82) is 0 Å². The second kappa shape index (κ2) is 6.85. The first kappa shape index (κ1) is 14.9. The van der Waals surface area contributed by atoms with Crippen LogP contribution in [-0.4, -0.2) is 60.5 Å². The SMILES string of the molecule is CN(CC(=O)N1CCNCC1)Cc1cccc2cccnc12. The molecule has 5 nitrogen and oxygen atoms in total. The van der Waals surface area contributed by atoms with Gasteiger partial charge < -0.3 is 10.2 Å². The minimum atomic E-state index is 0.206. The number of carbonyl (C=O) groups excluding carboxylic acids is 1. The van der Waals surface area contributed by atoms with E-state index in [1.54, 1.807) is 0 Å². The lowest BCUT2D eigenvalue weighted by Crippen LogP contribution is -2.49. The number of nitrogens with zero attached hydrogens (tertiary/aromatic N) is 3. The van der Waals surface area contributed by atoms with Crippen molar-refractivity contribution in [3.63, 3.8) is 0 Å². The number of hydrogen-bond donors (Lipinski definition) is 1. The van der Waals surface area contributed by atoms with Crippen LogP contribution in [0.4, 0.5) is 0 Å². The van der Waals surface area contributed by atoms with Gasteiger partial charge >= 0.3 is 0 Å². The van der Waals surface area contributed by atoms with Crippen molar-refractivity contribution in [2.24, 2.45) is 0 Å². The minimum absolute atomic E-state index is 0.206. The van der Waals surface area contributed by atoms with Crippen LogP contribution in [0.15, 0.2) is 36.5 Å². The Labute approximate surface area is 130 Å². The Bertz CT molecular complexity index is 647. The molecule has 2 heterocycles. The zero-order chi connectivity index (χ0) is 15.4. The number of benzene rings is 1. The van der Waals surface area contributed by atoms with Crippen molar-refractivity contribution in [3.8, 4) is 0 Å². The van der Waals surface area contributed by atoms with E-state index in [9.17, 15) is 4.79 Å². The lowest BCUT2D eigenvalue weighted by molar-refractivity contribution is -0.132. The maximum absolute atomic E-state index is 12.3. The molecule has 0 atom stereocenters. The molecule has 22 heavy (non-hydrogen) atoms. The first-order chi connectivity index (χ1) is 10.7. The molecule has 1 amide bonds. The van der Waals surface area contributed by atoms with Gasteiger partial charge in [0.1, 0.15) is 0 Å². The highest BCUT2D eigenvalue weighted by atomic mass is 16.2. The smallest absolute Gasteiger partial charge is 0.236 e. The monoisotopic (exact) mass is 298 g/mol. The number of aromatic nitrogens is 1. The molecule has 1 N–H and O–H groups in total. The summed E-state index contributed by atoms with van der Waals surface area (Å²) >= 11 is 0. The van der Waals surface area contributed by atoms with Gasteiger partial charge in [-0.3, -0.25) is 14.7 Å². The lowest BCUT2D eigenvalue weighted by atomic mass is 10.1. The number of pyridine rings is 1. The summed E-state index contributed by atoms with van der Waals surface area (Å²) in [5, 5.41) is 4.41. The standard InChI is InChI=1S/C17H22N4O/c1-20(13-16(22)21-10-8-18-9-11-21)12-15-5-2-4-14-6-3-7-19-17(14)15/h2-7,18H,8-13H2,1H3. The summed E-state index contributed by atoms with van der Waals surface area (Å²) in [5.41, 5.74) is 2.18. The predicted octanol–water partition coefficient (Wildman–Crippen LogP) is 1.10. The van der Waals surface area contributed by atoms with Crippen LogP contribution in [0.1, 0.15) is 5.56 Å². The number of nitrogens with one attached hydrogen (secondary N) is 1. The van der Waals surface area contributed by atoms with E-state index in [0.717, 1.165) is 49.2 Å². The Morgan fingerprint density at radius 3 is 2.86 bits per heavy atom. The highest BCUT2D eigenvalue weighted by molar-refractivity contribution is 5.81. The fraction of sp³-hybridized carbons (Fsp3) is 0.412. The number of hydrogen-bond acceptors (Lipinski definition) is 4. The molecule has 1 aliphatic rings. The number of carbonyl (C=O) groups is 1. The van der Waals surface area contributed by atoms with Crippen LogP contribution in [0.25, 0.3) is 10.9 Å². The maximum Gasteiger partial charge on any atom is 0.236 e.